The van der Waals surface area contributed by atoms with Crippen LogP contribution in [-0.2, 0) is 19.0 Å². The molecule has 8 aromatic carbocycles. The Morgan fingerprint density at radius 1 is 0.350 bits per heavy atom. The van der Waals surface area contributed by atoms with Crippen LogP contribution in [-0.4, -0.2) is 0 Å². The molecule has 0 aliphatic heterocycles. The number of halogens is 3. The first kappa shape index (κ1) is 62.3. The number of benzene rings is 8. The van der Waals surface area contributed by atoms with Gasteiger partial charge < -0.3 is 9.80 Å². The van der Waals surface area contributed by atoms with Gasteiger partial charge in [0.15, 0.2) is 0 Å². The van der Waals surface area contributed by atoms with Gasteiger partial charge in [0.25, 0.3) is 0 Å². The molecule has 5 heteroatoms. The highest BCUT2D eigenvalue weighted by atomic mass is 19.4. The number of anilines is 6. The van der Waals surface area contributed by atoms with E-state index in [-0.39, 0.29) is 0 Å². The maximum Gasteiger partial charge on any atom is 0.416 e. The summed E-state index contributed by atoms with van der Waals surface area (Å²) in [4.78, 5) is 4.15. The van der Waals surface area contributed by atoms with Crippen molar-refractivity contribution in [3.63, 3.8) is 0 Å². The molecule has 80 heavy (non-hydrogen) atoms. The van der Waals surface area contributed by atoms with Crippen molar-refractivity contribution in [2.45, 2.75) is 178 Å². The van der Waals surface area contributed by atoms with E-state index in [4.69, 9.17) is 0 Å². The Morgan fingerprint density at radius 2 is 0.675 bits per heavy atom. The first-order valence-electron chi connectivity index (χ1n) is 29.9. The molecule has 0 saturated heterocycles. The van der Waals surface area contributed by atoms with Gasteiger partial charge in [0.2, 0.25) is 0 Å². The van der Waals surface area contributed by atoms with E-state index in [1.807, 2.05) is 67.3 Å². The van der Waals surface area contributed by atoms with E-state index in [2.05, 4.69) is 169 Å². The Kier molecular flexibility index (Phi) is 24.8. The summed E-state index contributed by atoms with van der Waals surface area (Å²) in [5.41, 5.74) is 20.0. The number of hydrogen-bond acceptors (Lipinski definition) is 2. The molecule has 422 valence electrons. The monoisotopic (exact) mass is 1080 g/mol. The Labute approximate surface area is 481 Å². The van der Waals surface area contributed by atoms with Crippen LogP contribution < -0.4 is 9.80 Å². The molecular formula is C75H91F3N2. The second kappa shape index (κ2) is 31.8. The summed E-state index contributed by atoms with van der Waals surface area (Å²) in [5.74, 6) is 0.598. The van der Waals surface area contributed by atoms with Crippen LogP contribution in [0, 0.1) is 41.5 Å². The normalized spacial score (nSPS) is 11.5. The number of rotatable bonds is 23. The first-order chi connectivity index (χ1) is 38.6. The van der Waals surface area contributed by atoms with Crippen molar-refractivity contribution >= 4 is 34.1 Å². The van der Waals surface area contributed by atoms with E-state index >= 15 is 0 Å². The van der Waals surface area contributed by atoms with Crippen LogP contribution in [0.3, 0.4) is 0 Å². The number of nitrogens with zero attached hydrogens (tertiary/aromatic N) is 2. The molecule has 0 N–H and O–H groups in total. The van der Waals surface area contributed by atoms with Gasteiger partial charge in [-0.25, -0.2) is 0 Å². The van der Waals surface area contributed by atoms with Crippen molar-refractivity contribution < 1.29 is 13.2 Å². The van der Waals surface area contributed by atoms with Crippen LogP contribution in [0.15, 0.2) is 182 Å². The average molecular weight is 1080 g/mol. The Bertz CT molecular complexity index is 2890. The second-order valence-electron chi connectivity index (χ2n) is 22.3. The highest BCUT2D eigenvalue weighted by molar-refractivity contribution is 5.78. The highest BCUT2D eigenvalue weighted by Gasteiger charge is 2.31. The lowest BCUT2D eigenvalue weighted by Crippen LogP contribution is -2.12. The van der Waals surface area contributed by atoms with Crippen LogP contribution >= 0.6 is 0 Å². The summed E-state index contributed by atoms with van der Waals surface area (Å²) in [7, 11) is 0. The third kappa shape index (κ3) is 19.2. The Morgan fingerprint density at radius 3 is 1.02 bits per heavy atom. The van der Waals surface area contributed by atoms with Gasteiger partial charge in [-0.3, -0.25) is 0 Å². The van der Waals surface area contributed by atoms with Crippen LogP contribution in [0.25, 0.3) is 11.1 Å². The van der Waals surface area contributed by atoms with Crippen molar-refractivity contribution in [1.82, 2.24) is 0 Å². The minimum Gasteiger partial charge on any atom is -0.311 e. The molecule has 1 unspecified atom stereocenters. The standard InChI is InChI=1S/C30H46.C24H27N.C21H18F3N/c1-5-7-9-11-13-15-17-27-23-25(3)19-21-29(27)30-22-20-26(4)24-28(30)18-16-14-12-10-8-6-2;1-5-20(4)21-10-16-24(17-11-21)25(22-12-6-18(2)7-13-22)23-14-8-19(3)9-15-23;1-15-6-10-18(11-7-15)25(19-12-8-16(2)9-13-19)20-5-3-4-17(14-20)21(22,23)24/h19-24H,5-18H2,1-4H3;6-17,20H,5H2,1-4H3;3-14H,1-2H3. The molecule has 2 nitrogen and oxygen atoms in total. The van der Waals surface area contributed by atoms with E-state index in [1.165, 1.54) is 164 Å². The molecule has 1 atom stereocenters. The zero-order chi connectivity index (χ0) is 57.4. The van der Waals surface area contributed by atoms with Gasteiger partial charge >= 0.3 is 6.18 Å². The first-order valence-corrected chi connectivity index (χ1v) is 29.9. The largest absolute Gasteiger partial charge is 0.416 e. The van der Waals surface area contributed by atoms with Gasteiger partial charge in [0, 0.05) is 34.1 Å². The Hall–Kier alpha value is -6.85. The molecule has 8 aromatic rings. The zero-order valence-corrected chi connectivity index (χ0v) is 50.0. The third-order valence-corrected chi connectivity index (χ3v) is 15.3. The Balaban J connectivity index is 0.000000195. The van der Waals surface area contributed by atoms with Gasteiger partial charge in [0.05, 0.1) is 5.56 Å². The summed E-state index contributed by atoms with van der Waals surface area (Å²) in [5, 5.41) is 0. The third-order valence-electron chi connectivity index (χ3n) is 15.3. The lowest BCUT2D eigenvalue weighted by Gasteiger charge is -2.26. The van der Waals surface area contributed by atoms with Gasteiger partial charge in [-0.2, -0.15) is 13.2 Å². The minimum absolute atomic E-state index is 0.475. The van der Waals surface area contributed by atoms with E-state index in [0.717, 1.165) is 28.6 Å². The lowest BCUT2D eigenvalue weighted by atomic mass is 9.89. The van der Waals surface area contributed by atoms with Crippen molar-refractivity contribution in [3.05, 3.63) is 238 Å². The second-order valence-corrected chi connectivity index (χ2v) is 22.3. The molecule has 0 saturated carbocycles. The molecule has 0 spiro atoms. The van der Waals surface area contributed by atoms with E-state index in [0.29, 0.717) is 11.6 Å². The van der Waals surface area contributed by atoms with Crippen LogP contribution in [0.4, 0.5) is 47.3 Å². The van der Waals surface area contributed by atoms with E-state index < -0.39 is 11.7 Å². The topological polar surface area (TPSA) is 6.48 Å². The molecule has 0 bridgehead atoms. The van der Waals surface area contributed by atoms with E-state index in [9.17, 15) is 13.2 Å². The minimum atomic E-state index is -4.37. The molecule has 0 aliphatic carbocycles. The zero-order valence-electron chi connectivity index (χ0n) is 50.0. The van der Waals surface area contributed by atoms with Crippen molar-refractivity contribution in [1.29, 1.82) is 0 Å². The van der Waals surface area contributed by atoms with Crippen molar-refractivity contribution in [3.8, 4) is 11.1 Å². The quantitative estimate of drug-likeness (QED) is 0.0589. The van der Waals surface area contributed by atoms with Crippen LogP contribution in [0.5, 0.6) is 0 Å². The summed E-state index contributed by atoms with van der Waals surface area (Å²) in [6.45, 7) is 21.8. The van der Waals surface area contributed by atoms with Gasteiger partial charge in [0.1, 0.15) is 0 Å². The van der Waals surface area contributed by atoms with Crippen molar-refractivity contribution in [2.24, 2.45) is 0 Å². The van der Waals surface area contributed by atoms with Crippen LogP contribution in [0.2, 0.25) is 0 Å². The molecule has 0 aromatic heterocycles. The summed E-state index contributed by atoms with van der Waals surface area (Å²) in [6, 6.07) is 61.5. The molecule has 0 fully saturated rings. The number of unbranched alkanes of at least 4 members (excludes halogenated alkanes) is 10. The highest BCUT2D eigenvalue weighted by Crippen LogP contribution is 2.39. The van der Waals surface area contributed by atoms with Crippen molar-refractivity contribution in [2.75, 3.05) is 9.80 Å². The molecule has 0 amide bonds. The fourth-order valence-electron chi connectivity index (χ4n) is 10.3. The number of aryl methyl sites for hydroxylation is 8. The predicted molar refractivity (Wildman–Crippen MR) is 340 cm³/mol. The fraction of sp³-hybridized carbons (Fsp3) is 0.360. The number of alkyl halides is 3. The summed E-state index contributed by atoms with van der Waals surface area (Å²) < 4.78 is 39.4. The maximum atomic E-state index is 13.1. The lowest BCUT2D eigenvalue weighted by molar-refractivity contribution is -0.137. The van der Waals surface area contributed by atoms with Gasteiger partial charge in [-0.15, -0.1) is 0 Å². The van der Waals surface area contributed by atoms with E-state index in [1.54, 1.807) is 17.2 Å². The smallest absolute Gasteiger partial charge is 0.311 e. The maximum absolute atomic E-state index is 13.1. The number of hydrogen-bond donors (Lipinski definition) is 0. The molecular weight excluding hydrogens is 986 g/mol. The fourth-order valence-corrected chi connectivity index (χ4v) is 10.3. The average Bonchev–Trinajstić information content (AvgIpc) is 3.50. The summed E-state index contributed by atoms with van der Waals surface area (Å²) >= 11 is 0. The molecule has 8 rings (SSSR count). The predicted octanol–water partition coefficient (Wildman–Crippen LogP) is 23.9. The molecule has 0 heterocycles. The van der Waals surface area contributed by atoms with Gasteiger partial charge in [-0.05, 0) is 186 Å². The van der Waals surface area contributed by atoms with Gasteiger partial charge in [-0.1, -0.05) is 228 Å². The molecule has 0 radical (unpaired) electrons. The summed E-state index contributed by atoms with van der Waals surface area (Å²) in [6.07, 6.45) is 15.6. The molecule has 0 aliphatic rings. The van der Waals surface area contributed by atoms with Crippen LogP contribution in [0.1, 0.15) is 173 Å². The SMILES string of the molecule is CCC(C)c1ccc(N(c2ccc(C)cc2)c2ccc(C)cc2)cc1.CCCCCCCCc1cc(C)ccc1-c1ccc(C)cc1CCCCCCCC.Cc1ccc(N(c2ccc(C)cc2)c2cccc(C(F)(F)F)c2)cc1.